The lowest BCUT2D eigenvalue weighted by molar-refractivity contribution is -0.123. The molecule has 0 bridgehead atoms. The van der Waals surface area contributed by atoms with E-state index in [-0.39, 0.29) is 24.5 Å². The molecular formula is C19H15N3O5S. The van der Waals surface area contributed by atoms with E-state index in [0.29, 0.717) is 46.7 Å². The number of thiazole rings is 1. The van der Waals surface area contributed by atoms with Gasteiger partial charge in [0.1, 0.15) is 5.69 Å². The van der Waals surface area contributed by atoms with Gasteiger partial charge in [-0.25, -0.2) is 4.98 Å². The fourth-order valence-corrected chi connectivity index (χ4v) is 3.80. The molecule has 9 heteroatoms. The minimum absolute atomic E-state index is 0.128. The molecule has 0 radical (unpaired) electrons. The van der Waals surface area contributed by atoms with E-state index in [2.05, 4.69) is 10.3 Å². The van der Waals surface area contributed by atoms with Gasteiger partial charge in [0.2, 0.25) is 12.7 Å². The SMILES string of the molecule is O=C(Nc1nc(-c2ccco2)cs1)C1CN(C(=O)c2ccc3c(c2)OCO3)C1. The lowest BCUT2D eigenvalue weighted by Crippen LogP contribution is -2.54. The number of fused-ring (bicyclic) bond motifs is 1. The Balaban J connectivity index is 1.17. The van der Waals surface area contributed by atoms with Crippen LogP contribution in [0.5, 0.6) is 11.5 Å². The van der Waals surface area contributed by atoms with E-state index >= 15 is 0 Å². The summed E-state index contributed by atoms with van der Waals surface area (Å²) in [7, 11) is 0. The summed E-state index contributed by atoms with van der Waals surface area (Å²) >= 11 is 1.33. The Kier molecular flexibility index (Phi) is 4.01. The predicted octanol–water partition coefficient (Wildman–Crippen LogP) is 2.84. The van der Waals surface area contributed by atoms with Crippen molar-refractivity contribution in [2.45, 2.75) is 0 Å². The largest absolute Gasteiger partial charge is 0.463 e. The maximum Gasteiger partial charge on any atom is 0.254 e. The summed E-state index contributed by atoms with van der Waals surface area (Å²) in [5.41, 5.74) is 1.20. The third kappa shape index (κ3) is 2.99. The van der Waals surface area contributed by atoms with Crippen molar-refractivity contribution in [1.29, 1.82) is 0 Å². The maximum absolute atomic E-state index is 12.6. The molecule has 1 fully saturated rings. The lowest BCUT2D eigenvalue weighted by Gasteiger charge is -2.38. The zero-order valence-electron chi connectivity index (χ0n) is 14.6. The van der Waals surface area contributed by atoms with Crippen LogP contribution in [0.3, 0.4) is 0 Å². The van der Waals surface area contributed by atoms with Crippen molar-refractivity contribution in [2.75, 3.05) is 25.2 Å². The second-order valence-corrected chi connectivity index (χ2v) is 7.34. The molecule has 2 aliphatic heterocycles. The molecule has 2 amide bonds. The minimum atomic E-state index is -0.256. The first-order valence-electron chi connectivity index (χ1n) is 8.66. The van der Waals surface area contributed by atoms with Gasteiger partial charge in [-0.15, -0.1) is 11.3 Å². The fraction of sp³-hybridized carbons (Fsp3) is 0.211. The highest BCUT2D eigenvalue weighted by atomic mass is 32.1. The minimum Gasteiger partial charge on any atom is -0.463 e. The Morgan fingerprint density at radius 2 is 2.04 bits per heavy atom. The Bertz CT molecular complexity index is 1040. The van der Waals surface area contributed by atoms with Gasteiger partial charge < -0.3 is 24.1 Å². The molecule has 1 aromatic carbocycles. The van der Waals surface area contributed by atoms with Crippen LogP contribution in [-0.2, 0) is 4.79 Å². The van der Waals surface area contributed by atoms with Crippen molar-refractivity contribution in [3.05, 3.63) is 47.5 Å². The van der Waals surface area contributed by atoms with Crippen LogP contribution >= 0.6 is 11.3 Å². The van der Waals surface area contributed by atoms with Crippen molar-refractivity contribution in [3.8, 4) is 23.0 Å². The van der Waals surface area contributed by atoms with Crippen LogP contribution in [0.1, 0.15) is 10.4 Å². The second kappa shape index (κ2) is 6.68. The van der Waals surface area contributed by atoms with E-state index < -0.39 is 0 Å². The molecule has 0 saturated carbocycles. The number of furan rings is 1. The molecule has 0 atom stereocenters. The molecule has 4 heterocycles. The number of nitrogens with zero attached hydrogens (tertiary/aromatic N) is 2. The second-order valence-electron chi connectivity index (χ2n) is 6.48. The number of benzene rings is 1. The first-order valence-corrected chi connectivity index (χ1v) is 9.54. The van der Waals surface area contributed by atoms with Crippen LogP contribution in [-0.4, -0.2) is 41.6 Å². The van der Waals surface area contributed by atoms with Gasteiger partial charge in [-0.1, -0.05) is 0 Å². The average Bonchev–Trinajstić information content (AvgIpc) is 3.40. The number of anilines is 1. The third-order valence-corrected chi connectivity index (χ3v) is 5.42. The molecule has 142 valence electrons. The van der Waals surface area contributed by atoms with Crippen LogP contribution in [0.25, 0.3) is 11.5 Å². The van der Waals surface area contributed by atoms with Gasteiger partial charge in [0.05, 0.1) is 12.2 Å². The summed E-state index contributed by atoms with van der Waals surface area (Å²) in [5, 5.41) is 5.15. The van der Waals surface area contributed by atoms with Crippen molar-refractivity contribution in [3.63, 3.8) is 0 Å². The zero-order chi connectivity index (χ0) is 19.1. The van der Waals surface area contributed by atoms with Gasteiger partial charge in [-0.05, 0) is 30.3 Å². The molecule has 0 aliphatic carbocycles. The van der Waals surface area contributed by atoms with E-state index in [1.54, 1.807) is 35.4 Å². The number of hydrogen-bond acceptors (Lipinski definition) is 7. The molecule has 5 rings (SSSR count). The number of aromatic nitrogens is 1. The van der Waals surface area contributed by atoms with Crippen LogP contribution in [0, 0.1) is 5.92 Å². The van der Waals surface area contributed by atoms with Crippen molar-refractivity contribution >= 4 is 28.3 Å². The smallest absolute Gasteiger partial charge is 0.254 e. The van der Waals surface area contributed by atoms with Crippen molar-refractivity contribution in [1.82, 2.24) is 9.88 Å². The fourth-order valence-electron chi connectivity index (χ4n) is 3.10. The number of rotatable bonds is 4. The van der Waals surface area contributed by atoms with Crippen LogP contribution in [0.4, 0.5) is 5.13 Å². The molecule has 0 spiro atoms. The standard InChI is InChI=1S/C19H15N3O5S/c23-17(21-19-20-13(9-28-19)14-2-1-5-25-14)12-7-22(8-12)18(24)11-3-4-15-16(6-11)27-10-26-15/h1-6,9,12H,7-8,10H2,(H,20,21,23). The number of likely N-dealkylation sites (tertiary alicyclic amines) is 1. The molecule has 3 aromatic rings. The van der Waals surface area contributed by atoms with Crippen LogP contribution in [0.2, 0.25) is 0 Å². The van der Waals surface area contributed by atoms with E-state index in [0.717, 1.165) is 0 Å². The van der Waals surface area contributed by atoms with Crippen LogP contribution < -0.4 is 14.8 Å². The first kappa shape index (κ1) is 16.8. The molecule has 0 unspecified atom stereocenters. The van der Waals surface area contributed by atoms with Gasteiger partial charge in [0.25, 0.3) is 5.91 Å². The molecule has 28 heavy (non-hydrogen) atoms. The molecule has 1 saturated heterocycles. The van der Waals surface area contributed by atoms with E-state index in [9.17, 15) is 9.59 Å². The Morgan fingerprint density at radius 3 is 2.86 bits per heavy atom. The van der Waals surface area contributed by atoms with Crippen molar-refractivity contribution in [2.24, 2.45) is 5.92 Å². The van der Waals surface area contributed by atoms with E-state index in [4.69, 9.17) is 13.9 Å². The number of carbonyl (C=O) groups excluding carboxylic acids is 2. The van der Waals surface area contributed by atoms with Gasteiger partial charge in [-0.2, -0.15) is 0 Å². The Labute approximate surface area is 163 Å². The van der Waals surface area contributed by atoms with Crippen LogP contribution in [0.15, 0.2) is 46.4 Å². The maximum atomic E-state index is 12.6. The number of nitrogens with one attached hydrogen (secondary N) is 1. The first-order chi connectivity index (χ1) is 13.7. The summed E-state index contributed by atoms with van der Waals surface area (Å²) in [5.74, 6) is 1.33. The Hall–Kier alpha value is -3.33. The summed E-state index contributed by atoms with van der Waals surface area (Å²) in [6, 6.07) is 8.69. The summed E-state index contributed by atoms with van der Waals surface area (Å²) in [6.07, 6.45) is 1.58. The lowest BCUT2D eigenvalue weighted by atomic mass is 9.98. The van der Waals surface area contributed by atoms with E-state index in [1.165, 1.54) is 11.3 Å². The summed E-state index contributed by atoms with van der Waals surface area (Å²) < 4.78 is 15.9. The third-order valence-electron chi connectivity index (χ3n) is 4.67. The number of amides is 2. The molecule has 2 aromatic heterocycles. The summed E-state index contributed by atoms with van der Waals surface area (Å²) in [6.45, 7) is 0.905. The topological polar surface area (TPSA) is 93.9 Å². The van der Waals surface area contributed by atoms with Gasteiger partial charge >= 0.3 is 0 Å². The Morgan fingerprint density at radius 1 is 1.18 bits per heavy atom. The number of carbonyl (C=O) groups is 2. The van der Waals surface area contributed by atoms with Crippen molar-refractivity contribution < 1.29 is 23.5 Å². The van der Waals surface area contributed by atoms with Gasteiger partial charge in [0.15, 0.2) is 22.4 Å². The molecule has 2 aliphatic rings. The van der Waals surface area contributed by atoms with Gasteiger partial charge in [-0.3, -0.25) is 9.59 Å². The molecule has 1 N–H and O–H groups in total. The molecular weight excluding hydrogens is 382 g/mol. The number of hydrogen-bond donors (Lipinski definition) is 1. The highest BCUT2D eigenvalue weighted by Gasteiger charge is 2.36. The highest BCUT2D eigenvalue weighted by Crippen LogP contribution is 2.33. The van der Waals surface area contributed by atoms with E-state index in [1.807, 2.05) is 11.4 Å². The number of ether oxygens (including phenoxy) is 2. The zero-order valence-corrected chi connectivity index (χ0v) is 15.4. The predicted molar refractivity (Wildman–Crippen MR) is 100 cm³/mol. The highest BCUT2D eigenvalue weighted by molar-refractivity contribution is 7.14. The quantitative estimate of drug-likeness (QED) is 0.728. The summed E-state index contributed by atoms with van der Waals surface area (Å²) in [4.78, 5) is 31.0. The normalized spacial score (nSPS) is 15.4. The van der Waals surface area contributed by atoms with Gasteiger partial charge in [0, 0.05) is 24.0 Å². The molecule has 8 nitrogen and oxygen atoms in total. The average molecular weight is 397 g/mol. The monoisotopic (exact) mass is 397 g/mol.